The number of hydrogen-bond donors (Lipinski definition) is 3. The number of anilines is 1. The third kappa shape index (κ3) is 2.40. The molecule has 6 nitrogen and oxygen atoms in total. The second kappa shape index (κ2) is 4.80. The van der Waals surface area contributed by atoms with Gasteiger partial charge in [0.25, 0.3) is 0 Å². The van der Waals surface area contributed by atoms with Crippen LogP contribution in [0.2, 0.25) is 5.02 Å². The molecule has 2 aliphatic rings. The lowest BCUT2D eigenvalue weighted by molar-refractivity contribution is -0.119. The minimum absolute atomic E-state index is 0.187. The molecule has 1 aromatic carbocycles. The SMILES string of the molecule is CC(=O)NNC1=Nc2c(Cl)cc3c(c2NC1(C)C)CCO3. The molecule has 112 valence electrons. The van der Waals surface area contributed by atoms with Crippen LogP contribution in [0.5, 0.6) is 5.75 Å². The fourth-order valence-electron chi connectivity index (χ4n) is 2.49. The van der Waals surface area contributed by atoms with Crippen molar-refractivity contribution >= 4 is 34.7 Å². The molecular weight excluding hydrogens is 292 g/mol. The second-order valence-corrected chi connectivity index (χ2v) is 6.08. The number of rotatable bonds is 0. The summed E-state index contributed by atoms with van der Waals surface area (Å²) in [7, 11) is 0. The molecule has 1 aromatic rings. The van der Waals surface area contributed by atoms with Crippen molar-refractivity contribution in [2.45, 2.75) is 32.7 Å². The van der Waals surface area contributed by atoms with Gasteiger partial charge in [0.2, 0.25) is 5.91 Å². The highest BCUT2D eigenvalue weighted by atomic mass is 35.5. The molecule has 0 aromatic heterocycles. The van der Waals surface area contributed by atoms with Gasteiger partial charge < -0.3 is 10.1 Å². The Morgan fingerprint density at radius 3 is 3.00 bits per heavy atom. The Morgan fingerprint density at radius 2 is 2.29 bits per heavy atom. The van der Waals surface area contributed by atoms with Crippen molar-refractivity contribution in [2.24, 2.45) is 4.99 Å². The lowest BCUT2D eigenvalue weighted by Gasteiger charge is -2.35. The summed E-state index contributed by atoms with van der Waals surface area (Å²) in [5.74, 6) is 1.23. The van der Waals surface area contributed by atoms with Gasteiger partial charge in [0.1, 0.15) is 17.3 Å². The number of nitrogens with zero attached hydrogens (tertiary/aromatic N) is 1. The summed E-state index contributed by atoms with van der Waals surface area (Å²) < 4.78 is 5.57. The molecule has 0 radical (unpaired) electrons. The molecule has 2 heterocycles. The predicted octanol–water partition coefficient (Wildman–Crippen LogP) is 2.15. The van der Waals surface area contributed by atoms with Gasteiger partial charge in [-0.3, -0.25) is 15.6 Å². The van der Waals surface area contributed by atoms with Gasteiger partial charge in [-0.2, -0.15) is 0 Å². The summed E-state index contributed by atoms with van der Waals surface area (Å²) in [5.41, 5.74) is 7.62. The number of hydrazine groups is 1. The van der Waals surface area contributed by atoms with Crippen molar-refractivity contribution in [1.29, 1.82) is 0 Å². The normalized spacial score (nSPS) is 17.8. The molecule has 3 rings (SSSR count). The number of benzene rings is 1. The smallest absolute Gasteiger partial charge is 0.235 e. The third-order valence-electron chi connectivity index (χ3n) is 3.54. The summed E-state index contributed by atoms with van der Waals surface area (Å²) in [4.78, 5) is 15.7. The molecule has 0 fully saturated rings. The number of carbonyl (C=O) groups excluding carboxylic acids is 1. The molecule has 0 unspecified atom stereocenters. The minimum Gasteiger partial charge on any atom is -0.493 e. The Labute approximate surface area is 127 Å². The number of amidine groups is 1. The number of aliphatic imine (C=N–C) groups is 1. The topological polar surface area (TPSA) is 74.8 Å². The molecule has 7 heteroatoms. The minimum atomic E-state index is -0.462. The van der Waals surface area contributed by atoms with Gasteiger partial charge in [-0.15, -0.1) is 0 Å². The van der Waals surface area contributed by atoms with E-state index in [-0.39, 0.29) is 5.91 Å². The van der Waals surface area contributed by atoms with Crippen molar-refractivity contribution in [3.63, 3.8) is 0 Å². The summed E-state index contributed by atoms with van der Waals surface area (Å²) in [6.45, 7) is 6.05. The standard InChI is InChI=1S/C14H17ClN4O2/c1-7(20)18-19-13-14(2,3)17-11-8-4-5-21-10(8)6-9(15)12(11)16-13/h6,17H,4-5H2,1-3H3,(H,16,19)(H,18,20). The number of fused-ring (bicyclic) bond motifs is 3. The quantitative estimate of drug-likeness (QED) is 0.642. The van der Waals surface area contributed by atoms with Crippen molar-refractivity contribution in [3.8, 4) is 5.75 Å². The number of nitrogens with one attached hydrogen (secondary N) is 3. The Bertz CT molecular complexity index is 655. The number of halogens is 1. The molecule has 1 amide bonds. The molecule has 21 heavy (non-hydrogen) atoms. The van der Waals surface area contributed by atoms with Gasteiger partial charge in [-0.1, -0.05) is 11.6 Å². The van der Waals surface area contributed by atoms with Crippen LogP contribution in [0.15, 0.2) is 11.1 Å². The fraction of sp³-hybridized carbons (Fsp3) is 0.429. The van der Waals surface area contributed by atoms with E-state index in [1.165, 1.54) is 6.92 Å². The van der Waals surface area contributed by atoms with Crippen molar-refractivity contribution in [3.05, 3.63) is 16.7 Å². The van der Waals surface area contributed by atoms with E-state index in [0.717, 1.165) is 23.4 Å². The van der Waals surface area contributed by atoms with Gasteiger partial charge in [0, 0.05) is 25.0 Å². The van der Waals surface area contributed by atoms with Gasteiger partial charge in [0.05, 0.1) is 22.9 Å². The van der Waals surface area contributed by atoms with Crippen LogP contribution in [-0.2, 0) is 11.2 Å². The van der Waals surface area contributed by atoms with Crippen LogP contribution in [-0.4, -0.2) is 23.9 Å². The zero-order chi connectivity index (χ0) is 15.2. The number of hydrogen-bond acceptors (Lipinski definition) is 5. The van der Waals surface area contributed by atoms with Crippen LogP contribution in [0.25, 0.3) is 0 Å². The van der Waals surface area contributed by atoms with Crippen molar-refractivity contribution in [1.82, 2.24) is 10.9 Å². The molecule has 0 saturated carbocycles. The Morgan fingerprint density at radius 1 is 1.52 bits per heavy atom. The molecule has 0 bridgehead atoms. The van der Waals surface area contributed by atoms with Crippen LogP contribution < -0.4 is 20.9 Å². The Balaban J connectivity index is 2.06. The lowest BCUT2D eigenvalue weighted by atomic mass is 9.97. The first-order valence-corrected chi connectivity index (χ1v) is 7.14. The van der Waals surface area contributed by atoms with Crippen LogP contribution >= 0.6 is 11.6 Å². The molecule has 2 aliphatic heterocycles. The average molecular weight is 309 g/mol. The summed E-state index contributed by atoms with van der Waals surface area (Å²) in [6, 6.07) is 1.79. The third-order valence-corrected chi connectivity index (χ3v) is 3.83. The molecule has 0 aliphatic carbocycles. The summed E-state index contributed by atoms with van der Waals surface area (Å²) >= 11 is 6.30. The largest absolute Gasteiger partial charge is 0.493 e. The Kier molecular flexibility index (Phi) is 3.20. The van der Waals surface area contributed by atoms with E-state index in [1.54, 1.807) is 6.07 Å². The number of carbonyl (C=O) groups is 1. The van der Waals surface area contributed by atoms with Crippen molar-refractivity contribution in [2.75, 3.05) is 11.9 Å². The zero-order valence-corrected chi connectivity index (χ0v) is 12.9. The predicted molar refractivity (Wildman–Crippen MR) is 82.4 cm³/mol. The lowest BCUT2D eigenvalue weighted by Crippen LogP contribution is -2.54. The zero-order valence-electron chi connectivity index (χ0n) is 12.1. The highest BCUT2D eigenvalue weighted by Gasteiger charge is 2.34. The summed E-state index contributed by atoms with van der Waals surface area (Å²) in [6.07, 6.45) is 0.835. The molecule has 0 spiro atoms. The monoisotopic (exact) mass is 308 g/mol. The van der Waals surface area contributed by atoms with Gasteiger partial charge in [-0.25, -0.2) is 4.99 Å². The van der Waals surface area contributed by atoms with Gasteiger partial charge in [0.15, 0.2) is 0 Å². The first-order valence-electron chi connectivity index (χ1n) is 6.76. The van der Waals surface area contributed by atoms with E-state index in [0.29, 0.717) is 23.2 Å². The van der Waals surface area contributed by atoms with E-state index >= 15 is 0 Å². The first-order chi connectivity index (χ1) is 9.88. The van der Waals surface area contributed by atoms with Crippen LogP contribution in [0.3, 0.4) is 0 Å². The fourth-order valence-corrected chi connectivity index (χ4v) is 2.73. The highest BCUT2D eigenvalue weighted by molar-refractivity contribution is 6.34. The average Bonchev–Trinajstić information content (AvgIpc) is 2.84. The second-order valence-electron chi connectivity index (χ2n) is 5.67. The molecular formula is C14H17ClN4O2. The van der Waals surface area contributed by atoms with Crippen LogP contribution in [0.1, 0.15) is 26.3 Å². The van der Waals surface area contributed by atoms with Gasteiger partial charge >= 0.3 is 0 Å². The Hall–Kier alpha value is -1.95. The number of amides is 1. The molecule has 0 atom stereocenters. The first kappa shape index (κ1) is 14.0. The highest BCUT2D eigenvalue weighted by Crippen LogP contribution is 2.47. The van der Waals surface area contributed by atoms with Crippen LogP contribution in [0.4, 0.5) is 11.4 Å². The molecule has 0 saturated heterocycles. The van der Waals surface area contributed by atoms with Crippen molar-refractivity contribution < 1.29 is 9.53 Å². The van der Waals surface area contributed by atoms with E-state index in [4.69, 9.17) is 16.3 Å². The summed E-state index contributed by atoms with van der Waals surface area (Å²) in [5, 5.41) is 3.97. The van der Waals surface area contributed by atoms with Crippen LogP contribution in [0, 0.1) is 0 Å². The molecule has 3 N–H and O–H groups in total. The van der Waals surface area contributed by atoms with E-state index in [2.05, 4.69) is 21.2 Å². The number of ether oxygens (including phenoxy) is 1. The van der Waals surface area contributed by atoms with Gasteiger partial charge in [-0.05, 0) is 13.8 Å². The maximum Gasteiger partial charge on any atom is 0.235 e. The van der Waals surface area contributed by atoms with E-state index in [1.807, 2.05) is 13.8 Å². The maximum atomic E-state index is 11.1. The van der Waals surface area contributed by atoms with E-state index in [9.17, 15) is 4.79 Å². The maximum absolute atomic E-state index is 11.1. The van der Waals surface area contributed by atoms with E-state index < -0.39 is 5.54 Å².